The van der Waals surface area contributed by atoms with Crippen molar-refractivity contribution in [2.75, 3.05) is 30.5 Å². The van der Waals surface area contributed by atoms with Crippen LogP contribution >= 0.6 is 0 Å². The van der Waals surface area contributed by atoms with Crippen LogP contribution in [-0.4, -0.2) is 53.4 Å². The van der Waals surface area contributed by atoms with Gasteiger partial charge in [0, 0.05) is 18.7 Å². The summed E-state index contributed by atoms with van der Waals surface area (Å²) in [4.78, 5) is 22.5. The second-order valence-electron chi connectivity index (χ2n) is 6.66. The molecule has 0 radical (unpaired) electrons. The number of methoxy groups -OCH3 is 1. The summed E-state index contributed by atoms with van der Waals surface area (Å²) in [6.45, 7) is 1.06. The highest BCUT2D eigenvalue weighted by Crippen LogP contribution is 2.30. The molecule has 0 aromatic carbocycles. The molecule has 2 fully saturated rings. The number of carbonyl (C=O) groups is 1. The maximum atomic E-state index is 11.6. The van der Waals surface area contributed by atoms with Crippen molar-refractivity contribution in [1.82, 2.24) is 9.97 Å². The Hall–Kier alpha value is -1.89. The van der Waals surface area contributed by atoms with Gasteiger partial charge < -0.3 is 20.1 Å². The Morgan fingerprint density at radius 2 is 2.25 bits per heavy atom. The normalized spacial score (nSPS) is 27.1. The topological polar surface area (TPSA) is 87.6 Å². The molecular weight excluding hydrogens is 308 g/mol. The minimum Gasteiger partial charge on any atom is -0.469 e. The van der Waals surface area contributed by atoms with Gasteiger partial charge in [0.25, 0.3) is 0 Å². The molecule has 7 heteroatoms. The van der Waals surface area contributed by atoms with Crippen LogP contribution in [0, 0.1) is 5.92 Å². The summed E-state index contributed by atoms with van der Waals surface area (Å²) in [6.07, 6.45) is 7.37. The Morgan fingerprint density at radius 3 is 3.04 bits per heavy atom. The van der Waals surface area contributed by atoms with E-state index in [1.165, 1.54) is 7.11 Å². The van der Waals surface area contributed by atoms with E-state index in [4.69, 9.17) is 4.74 Å². The zero-order valence-electron chi connectivity index (χ0n) is 14.1. The molecule has 1 aliphatic heterocycles. The van der Waals surface area contributed by atoms with E-state index in [0.29, 0.717) is 0 Å². The van der Waals surface area contributed by atoms with Gasteiger partial charge >= 0.3 is 5.97 Å². The van der Waals surface area contributed by atoms with E-state index in [1.54, 1.807) is 6.33 Å². The van der Waals surface area contributed by atoms with Crippen LogP contribution in [0.3, 0.4) is 0 Å². The van der Waals surface area contributed by atoms with Crippen molar-refractivity contribution >= 4 is 17.6 Å². The molecule has 1 saturated heterocycles. The van der Waals surface area contributed by atoms with Crippen molar-refractivity contribution in [3.05, 3.63) is 12.4 Å². The molecular formula is C17H26N4O3. The number of esters is 1. The number of ether oxygens (including phenoxy) is 1. The van der Waals surface area contributed by atoms with Gasteiger partial charge in [0.1, 0.15) is 18.0 Å². The number of carbonyl (C=O) groups excluding carboxylic acids is 1. The first-order valence-corrected chi connectivity index (χ1v) is 8.75. The van der Waals surface area contributed by atoms with Crippen LogP contribution < -0.4 is 10.2 Å². The fourth-order valence-corrected chi connectivity index (χ4v) is 3.78. The third-order valence-electron chi connectivity index (χ3n) is 5.10. The predicted octanol–water partition coefficient (Wildman–Crippen LogP) is 1.58. The van der Waals surface area contributed by atoms with Crippen LogP contribution in [0.25, 0.3) is 0 Å². The number of hydrogen-bond donors (Lipinski definition) is 2. The van der Waals surface area contributed by atoms with E-state index >= 15 is 0 Å². The third-order valence-corrected chi connectivity index (χ3v) is 5.10. The summed E-state index contributed by atoms with van der Waals surface area (Å²) in [7, 11) is 1.44. The first-order chi connectivity index (χ1) is 11.7. The molecule has 2 heterocycles. The van der Waals surface area contributed by atoms with Gasteiger partial charge in [-0.3, -0.25) is 4.79 Å². The molecule has 0 spiro atoms. The summed E-state index contributed by atoms with van der Waals surface area (Å²) in [5.41, 5.74) is 0. The minimum absolute atomic E-state index is 0.0188. The fourth-order valence-electron chi connectivity index (χ4n) is 3.78. The number of nitrogens with zero attached hydrogens (tertiary/aromatic N) is 3. The summed E-state index contributed by atoms with van der Waals surface area (Å²) < 4.78 is 4.83. The zero-order chi connectivity index (χ0) is 16.9. The zero-order valence-corrected chi connectivity index (χ0v) is 14.1. The molecule has 1 aromatic heterocycles. The molecule has 3 rings (SSSR count). The van der Waals surface area contributed by atoms with Gasteiger partial charge in [-0.05, 0) is 38.5 Å². The van der Waals surface area contributed by atoms with Crippen LogP contribution in [0.5, 0.6) is 0 Å². The summed E-state index contributed by atoms with van der Waals surface area (Å²) in [5, 5.41) is 13.0. The van der Waals surface area contributed by atoms with Crippen LogP contribution in [-0.2, 0) is 9.53 Å². The largest absolute Gasteiger partial charge is 0.469 e. The van der Waals surface area contributed by atoms with Crippen LogP contribution in [0.4, 0.5) is 11.6 Å². The van der Waals surface area contributed by atoms with E-state index in [2.05, 4.69) is 20.2 Å². The lowest BCUT2D eigenvalue weighted by molar-refractivity contribution is -0.145. The van der Waals surface area contributed by atoms with E-state index in [-0.39, 0.29) is 30.6 Å². The van der Waals surface area contributed by atoms with Gasteiger partial charge in [-0.1, -0.05) is 0 Å². The third kappa shape index (κ3) is 3.77. The molecule has 7 nitrogen and oxygen atoms in total. The van der Waals surface area contributed by atoms with Gasteiger partial charge in [0.05, 0.1) is 25.7 Å². The number of anilines is 2. The Bertz CT molecular complexity index is 569. The second-order valence-corrected chi connectivity index (χ2v) is 6.66. The summed E-state index contributed by atoms with van der Waals surface area (Å²) in [5.74, 6) is 1.49. The number of aromatic nitrogens is 2. The van der Waals surface area contributed by atoms with E-state index in [9.17, 15) is 9.90 Å². The highest BCUT2D eigenvalue weighted by Gasteiger charge is 2.31. The van der Waals surface area contributed by atoms with Crippen LogP contribution in [0.1, 0.15) is 38.5 Å². The molecule has 132 valence electrons. The summed E-state index contributed by atoms with van der Waals surface area (Å²) >= 11 is 0. The molecule has 1 unspecified atom stereocenters. The molecule has 24 heavy (non-hydrogen) atoms. The molecule has 2 N–H and O–H groups in total. The number of piperidine rings is 1. The van der Waals surface area contributed by atoms with E-state index in [1.807, 2.05) is 6.07 Å². The second kappa shape index (κ2) is 7.79. The number of nitrogens with one attached hydrogen (secondary N) is 1. The van der Waals surface area contributed by atoms with Crippen molar-refractivity contribution in [2.24, 2.45) is 5.92 Å². The lowest BCUT2D eigenvalue weighted by atomic mass is 10.0. The van der Waals surface area contributed by atoms with Gasteiger partial charge in [0.2, 0.25) is 0 Å². The van der Waals surface area contributed by atoms with Crippen molar-refractivity contribution in [1.29, 1.82) is 0 Å². The SMILES string of the molecule is COC(=O)[C@H]1CC[C@@H](Nc2cc(N3CCCCC3CO)ncn2)C1. The Labute approximate surface area is 142 Å². The molecule has 0 amide bonds. The number of aliphatic hydroxyl groups is 1. The Kier molecular flexibility index (Phi) is 5.50. The molecule has 0 bridgehead atoms. The average molecular weight is 334 g/mol. The van der Waals surface area contributed by atoms with Crippen LogP contribution in [0.15, 0.2) is 12.4 Å². The molecule has 1 aromatic rings. The Balaban J connectivity index is 1.64. The number of rotatable bonds is 5. The van der Waals surface area contributed by atoms with Gasteiger partial charge in [-0.25, -0.2) is 9.97 Å². The molecule has 1 aliphatic carbocycles. The van der Waals surface area contributed by atoms with E-state index < -0.39 is 0 Å². The van der Waals surface area contributed by atoms with E-state index in [0.717, 1.165) is 56.7 Å². The van der Waals surface area contributed by atoms with Crippen molar-refractivity contribution in [3.8, 4) is 0 Å². The monoisotopic (exact) mass is 334 g/mol. The fraction of sp³-hybridized carbons (Fsp3) is 0.706. The number of hydrogen-bond acceptors (Lipinski definition) is 7. The first-order valence-electron chi connectivity index (χ1n) is 8.75. The summed E-state index contributed by atoms with van der Waals surface area (Å²) in [6, 6.07) is 2.31. The van der Waals surface area contributed by atoms with Crippen molar-refractivity contribution < 1.29 is 14.6 Å². The molecule has 1 saturated carbocycles. The highest BCUT2D eigenvalue weighted by atomic mass is 16.5. The van der Waals surface area contributed by atoms with Gasteiger partial charge in [-0.15, -0.1) is 0 Å². The van der Waals surface area contributed by atoms with Crippen molar-refractivity contribution in [3.63, 3.8) is 0 Å². The lowest BCUT2D eigenvalue weighted by Gasteiger charge is -2.35. The number of aliphatic hydroxyl groups excluding tert-OH is 1. The van der Waals surface area contributed by atoms with Gasteiger partial charge in [-0.2, -0.15) is 0 Å². The predicted molar refractivity (Wildman–Crippen MR) is 90.9 cm³/mol. The smallest absolute Gasteiger partial charge is 0.308 e. The molecule has 2 aliphatic rings. The van der Waals surface area contributed by atoms with Gasteiger partial charge in [0.15, 0.2) is 0 Å². The van der Waals surface area contributed by atoms with Crippen LogP contribution in [0.2, 0.25) is 0 Å². The quantitative estimate of drug-likeness (QED) is 0.791. The average Bonchev–Trinajstić information content (AvgIpc) is 3.09. The lowest BCUT2D eigenvalue weighted by Crippen LogP contribution is -2.42. The molecule has 3 atom stereocenters. The highest BCUT2D eigenvalue weighted by molar-refractivity contribution is 5.72. The first kappa shape index (κ1) is 17.0. The van der Waals surface area contributed by atoms with Crippen molar-refractivity contribution in [2.45, 2.75) is 50.6 Å². The maximum absolute atomic E-state index is 11.6. The maximum Gasteiger partial charge on any atom is 0.308 e. The minimum atomic E-state index is -0.123. The Morgan fingerprint density at radius 1 is 1.38 bits per heavy atom. The standard InChI is InChI=1S/C17H26N4O3/c1-24-17(23)12-5-6-13(8-12)20-15-9-16(19-11-18-15)21-7-3-2-4-14(21)10-22/h9,11-14,22H,2-8,10H2,1H3,(H,18,19,20)/t12-,13+,14?/m0/s1.